The van der Waals surface area contributed by atoms with E-state index in [0.29, 0.717) is 6.42 Å². The zero-order valence-corrected chi connectivity index (χ0v) is 12.9. The normalized spacial score (nSPS) is 11.2. The Morgan fingerprint density at radius 1 is 1.16 bits per heavy atom. The molecule has 0 amide bonds. The number of nitro benzene ring substituents is 2. The van der Waals surface area contributed by atoms with E-state index in [4.69, 9.17) is 5.11 Å². The molecule has 0 aliphatic rings. The fourth-order valence-corrected chi connectivity index (χ4v) is 2.21. The first-order valence-electron chi connectivity index (χ1n) is 6.99. The SMILES string of the molecule is CCCN(CCC(=O)O)c1c([N+](=O)[O-])cc(C(F)(F)F)cc1[N+](=O)[O-]. The van der Waals surface area contributed by atoms with Crippen LogP contribution in [0.5, 0.6) is 0 Å². The summed E-state index contributed by atoms with van der Waals surface area (Å²) in [4.78, 5) is 31.9. The van der Waals surface area contributed by atoms with Crippen LogP contribution in [0.3, 0.4) is 0 Å². The monoisotopic (exact) mass is 365 g/mol. The van der Waals surface area contributed by atoms with Crippen LogP contribution < -0.4 is 4.90 Å². The van der Waals surface area contributed by atoms with Crippen molar-refractivity contribution in [2.24, 2.45) is 0 Å². The Bertz CT molecular complexity index is 657. The number of halogens is 3. The van der Waals surface area contributed by atoms with E-state index in [1.165, 1.54) is 0 Å². The van der Waals surface area contributed by atoms with Gasteiger partial charge in [-0.2, -0.15) is 13.2 Å². The summed E-state index contributed by atoms with van der Waals surface area (Å²) in [7, 11) is 0. The summed E-state index contributed by atoms with van der Waals surface area (Å²) >= 11 is 0. The number of alkyl halides is 3. The third-order valence-corrected chi connectivity index (χ3v) is 3.20. The third-order valence-electron chi connectivity index (χ3n) is 3.20. The Morgan fingerprint density at radius 3 is 1.96 bits per heavy atom. The van der Waals surface area contributed by atoms with E-state index in [-0.39, 0.29) is 25.2 Å². The number of nitro groups is 2. The minimum atomic E-state index is -5.01. The Morgan fingerprint density at radius 2 is 1.64 bits per heavy atom. The van der Waals surface area contributed by atoms with Crippen LogP contribution >= 0.6 is 0 Å². The first-order valence-corrected chi connectivity index (χ1v) is 6.99. The van der Waals surface area contributed by atoms with Crippen LogP contribution in [0.25, 0.3) is 0 Å². The molecule has 0 aromatic heterocycles. The quantitative estimate of drug-likeness (QED) is 0.553. The molecule has 0 fully saturated rings. The molecule has 0 atom stereocenters. The molecular formula is C13H14F3N3O6. The van der Waals surface area contributed by atoms with Gasteiger partial charge in [-0.3, -0.25) is 25.0 Å². The minimum Gasteiger partial charge on any atom is -0.481 e. The topological polar surface area (TPSA) is 127 Å². The average molecular weight is 365 g/mol. The number of aliphatic carboxylic acids is 1. The largest absolute Gasteiger partial charge is 0.481 e. The van der Waals surface area contributed by atoms with Crippen molar-refractivity contribution in [3.05, 3.63) is 37.9 Å². The maximum atomic E-state index is 12.9. The second kappa shape index (κ2) is 7.77. The molecule has 0 saturated carbocycles. The zero-order valence-electron chi connectivity index (χ0n) is 12.9. The van der Waals surface area contributed by atoms with E-state index < -0.39 is 51.0 Å². The second-order valence-corrected chi connectivity index (χ2v) is 5.01. The van der Waals surface area contributed by atoms with E-state index >= 15 is 0 Å². The molecule has 1 rings (SSSR count). The van der Waals surface area contributed by atoms with Gasteiger partial charge in [0.25, 0.3) is 11.4 Å². The first-order chi connectivity index (χ1) is 11.5. The lowest BCUT2D eigenvalue weighted by Gasteiger charge is -2.23. The summed E-state index contributed by atoms with van der Waals surface area (Å²) < 4.78 is 38.6. The van der Waals surface area contributed by atoms with Crippen molar-refractivity contribution >= 4 is 23.0 Å². The molecule has 1 aromatic carbocycles. The number of hydrogen-bond acceptors (Lipinski definition) is 6. The minimum absolute atomic E-state index is 0.000322. The number of anilines is 1. The first kappa shape index (κ1) is 20.1. The van der Waals surface area contributed by atoms with Gasteiger partial charge in [0.05, 0.1) is 21.8 Å². The van der Waals surface area contributed by atoms with Crippen molar-refractivity contribution in [3.63, 3.8) is 0 Å². The summed E-state index contributed by atoms with van der Waals surface area (Å²) in [5.74, 6) is -1.25. The molecule has 25 heavy (non-hydrogen) atoms. The standard InChI is InChI=1S/C13H14F3N3O6/c1-2-4-17(5-3-11(20)21)12-9(18(22)23)6-8(13(14,15)16)7-10(12)19(24)25/h6-7H,2-5H2,1H3,(H,20,21). The number of carboxylic acids is 1. The number of nitrogens with zero attached hydrogens (tertiary/aromatic N) is 3. The van der Waals surface area contributed by atoms with Crippen molar-refractivity contribution in [1.82, 2.24) is 0 Å². The number of rotatable bonds is 8. The maximum absolute atomic E-state index is 12.9. The van der Waals surface area contributed by atoms with Gasteiger partial charge in [0, 0.05) is 25.2 Å². The number of hydrogen-bond donors (Lipinski definition) is 1. The smallest absolute Gasteiger partial charge is 0.416 e. The molecular weight excluding hydrogens is 351 g/mol. The molecule has 1 aromatic rings. The van der Waals surface area contributed by atoms with E-state index in [9.17, 15) is 38.2 Å². The summed E-state index contributed by atoms with van der Waals surface area (Å²) in [6.07, 6.45) is -5.16. The lowest BCUT2D eigenvalue weighted by atomic mass is 10.1. The predicted octanol–water partition coefficient (Wildman–Crippen LogP) is 3.21. The van der Waals surface area contributed by atoms with Gasteiger partial charge in [0.1, 0.15) is 0 Å². The molecule has 138 valence electrons. The average Bonchev–Trinajstić information content (AvgIpc) is 2.48. The molecule has 0 aliphatic heterocycles. The van der Waals surface area contributed by atoms with E-state index in [1.54, 1.807) is 6.92 Å². The fourth-order valence-electron chi connectivity index (χ4n) is 2.21. The van der Waals surface area contributed by atoms with Crippen LogP contribution in [0.1, 0.15) is 25.3 Å². The number of carboxylic acid groups (broad SMARTS) is 1. The lowest BCUT2D eigenvalue weighted by Crippen LogP contribution is -2.28. The molecule has 9 nitrogen and oxygen atoms in total. The summed E-state index contributed by atoms with van der Waals surface area (Å²) in [5, 5.41) is 31.1. The van der Waals surface area contributed by atoms with Crippen molar-refractivity contribution in [3.8, 4) is 0 Å². The highest BCUT2D eigenvalue weighted by molar-refractivity contribution is 5.77. The molecule has 0 aliphatic carbocycles. The lowest BCUT2D eigenvalue weighted by molar-refractivity contribution is -0.393. The predicted molar refractivity (Wildman–Crippen MR) is 79.5 cm³/mol. The van der Waals surface area contributed by atoms with Gasteiger partial charge < -0.3 is 10.0 Å². The van der Waals surface area contributed by atoms with Crippen LogP contribution in [-0.2, 0) is 11.0 Å². The summed E-state index contributed by atoms with van der Waals surface area (Å²) in [5.41, 5.74) is -4.35. The zero-order chi connectivity index (χ0) is 19.4. The van der Waals surface area contributed by atoms with Crippen molar-refractivity contribution in [1.29, 1.82) is 0 Å². The molecule has 1 N–H and O–H groups in total. The highest BCUT2D eigenvalue weighted by Crippen LogP contribution is 2.43. The number of benzene rings is 1. The number of carbonyl (C=O) groups is 1. The van der Waals surface area contributed by atoms with Crippen molar-refractivity contribution < 1.29 is 32.9 Å². The molecule has 0 saturated heterocycles. The van der Waals surface area contributed by atoms with E-state index in [1.807, 2.05) is 0 Å². The summed E-state index contributed by atoms with van der Waals surface area (Å²) in [6.45, 7) is 1.31. The molecule has 0 bridgehead atoms. The van der Waals surface area contributed by atoms with Gasteiger partial charge in [0.2, 0.25) is 0 Å². The highest BCUT2D eigenvalue weighted by Gasteiger charge is 2.39. The molecule has 0 radical (unpaired) electrons. The Hall–Kier alpha value is -2.92. The van der Waals surface area contributed by atoms with Gasteiger partial charge in [-0.15, -0.1) is 0 Å². The van der Waals surface area contributed by atoms with Crippen LogP contribution in [0.15, 0.2) is 12.1 Å². The van der Waals surface area contributed by atoms with Crippen LogP contribution in [0.4, 0.5) is 30.2 Å². The maximum Gasteiger partial charge on any atom is 0.416 e. The van der Waals surface area contributed by atoms with Gasteiger partial charge in [-0.1, -0.05) is 6.92 Å². The van der Waals surface area contributed by atoms with Crippen LogP contribution in [0, 0.1) is 20.2 Å². The molecule has 0 heterocycles. The van der Waals surface area contributed by atoms with Gasteiger partial charge >= 0.3 is 12.1 Å². The highest BCUT2D eigenvalue weighted by atomic mass is 19.4. The third kappa shape index (κ3) is 5.02. The molecule has 12 heteroatoms. The van der Waals surface area contributed by atoms with Gasteiger partial charge in [0.15, 0.2) is 5.69 Å². The van der Waals surface area contributed by atoms with Crippen LogP contribution in [-0.4, -0.2) is 34.0 Å². The Labute approximate surface area is 139 Å². The molecule has 0 spiro atoms. The van der Waals surface area contributed by atoms with Crippen molar-refractivity contribution in [2.75, 3.05) is 18.0 Å². The van der Waals surface area contributed by atoms with Crippen LogP contribution in [0.2, 0.25) is 0 Å². The van der Waals surface area contributed by atoms with E-state index in [0.717, 1.165) is 4.90 Å². The Balaban J connectivity index is 3.65. The molecule has 0 unspecified atom stereocenters. The van der Waals surface area contributed by atoms with Gasteiger partial charge in [-0.25, -0.2) is 0 Å². The van der Waals surface area contributed by atoms with E-state index in [2.05, 4.69) is 0 Å². The fraction of sp³-hybridized carbons (Fsp3) is 0.462. The van der Waals surface area contributed by atoms with Gasteiger partial charge in [-0.05, 0) is 6.42 Å². The van der Waals surface area contributed by atoms with Crippen molar-refractivity contribution in [2.45, 2.75) is 25.9 Å². The second-order valence-electron chi connectivity index (χ2n) is 5.01. The Kier molecular flexibility index (Phi) is 6.25. The summed E-state index contributed by atoms with van der Waals surface area (Å²) in [6, 6.07) is 0.428.